The molecule has 4 nitrogen and oxygen atoms in total. The minimum absolute atomic E-state index is 0.124. The van der Waals surface area contributed by atoms with E-state index in [-0.39, 0.29) is 23.6 Å². The standard InChI is InChI=1S/C12H9F2NO3/c1-6-10(5-11(16)17)18-12(15-6)8-4-7(13)2-3-9(8)14/h2-4H,5H2,1H3,(H,16,17). The van der Waals surface area contributed by atoms with Gasteiger partial charge >= 0.3 is 5.97 Å². The minimum Gasteiger partial charge on any atom is -0.481 e. The number of aryl methyl sites for hydroxylation is 1. The van der Waals surface area contributed by atoms with Gasteiger partial charge in [-0.3, -0.25) is 4.79 Å². The maximum atomic E-state index is 13.5. The molecule has 0 spiro atoms. The minimum atomic E-state index is -1.08. The predicted molar refractivity (Wildman–Crippen MR) is 57.9 cm³/mol. The zero-order valence-electron chi connectivity index (χ0n) is 9.41. The summed E-state index contributed by atoms with van der Waals surface area (Å²) in [5, 5.41) is 8.65. The summed E-state index contributed by atoms with van der Waals surface area (Å²) >= 11 is 0. The van der Waals surface area contributed by atoms with Crippen molar-refractivity contribution >= 4 is 5.97 Å². The Balaban J connectivity index is 2.45. The largest absolute Gasteiger partial charge is 0.481 e. The quantitative estimate of drug-likeness (QED) is 0.913. The molecule has 1 N–H and O–H groups in total. The van der Waals surface area contributed by atoms with Gasteiger partial charge in [-0.2, -0.15) is 0 Å². The second kappa shape index (κ2) is 4.56. The Morgan fingerprint density at radius 1 is 1.44 bits per heavy atom. The highest BCUT2D eigenvalue weighted by atomic mass is 19.1. The normalized spacial score (nSPS) is 10.6. The first-order valence-electron chi connectivity index (χ1n) is 5.11. The molecule has 0 saturated heterocycles. The summed E-state index contributed by atoms with van der Waals surface area (Å²) in [4.78, 5) is 14.5. The van der Waals surface area contributed by atoms with Gasteiger partial charge in [0.15, 0.2) is 0 Å². The molecular formula is C12H9F2NO3. The number of hydrogen-bond acceptors (Lipinski definition) is 3. The Morgan fingerprint density at radius 2 is 2.17 bits per heavy atom. The fourth-order valence-corrected chi connectivity index (χ4v) is 1.51. The Bertz CT molecular complexity index is 607. The second-order valence-corrected chi connectivity index (χ2v) is 3.72. The van der Waals surface area contributed by atoms with Crippen LogP contribution in [0.2, 0.25) is 0 Å². The smallest absolute Gasteiger partial charge is 0.311 e. The SMILES string of the molecule is Cc1nc(-c2cc(F)ccc2F)oc1CC(=O)O. The number of benzene rings is 1. The van der Waals surface area contributed by atoms with Gasteiger partial charge in [0.25, 0.3) is 0 Å². The van der Waals surface area contributed by atoms with Gasteiger partial charge in [0.2, 0.25) is 5.89 Å². The topological polar surface area (TPSA) is 63.3 Å². The van der Waals surface area contributed by atoms with Crippen molar-refractivity contribution < 1.29 is 23.1 Å². The number of carboxylic acid groups (broad SMARTS) is 1. The number of rotatable bonds is 3. The molecule has 94 valence electrons. The Kier molecular flexibility index (Phi) is 3.10. The Hall–Kier alpha value is -2.24. The zero-order chi connectivity index (χ0) is 13.3. The molecular weight excluding hydrogens is 244 g/mol. The number of oxazole rings is 1. The van der Waals surface area contributed by atoms with Crippen LogP contribution in [0.1, 0.15) is 11.5 Å². The monoisotopic (exact) mass is 253 g/mol. The van der Waals surface area contributed by atoms with E-state index in [9.17, 15) is 13.6 Å². The van der Waals surface area contributed by atoms with Crippen LogP contribution in [0.3, 0.4) is 0 Å². The van der Waals surface area contributed by atoms with Crippen LogP contribution in [0.4, 0.5) is 8.78 Å². The number of carbonyl (C=O) groups is 1. The van der Waals surface area contributed by atoms with Crippen molar-refractivity contribution in [3.63, 3.8) is 0 Å². The molecule has 0 aliphatic carbocycles. The van der Waals surface area contributed by atoms with Crippen molar-refractivity contribution in [3.8, 4) is 11.5 Å². The summed E-state index contributed by atoms with van der Waals surface area (Å²) in [5.74, 6) is -2.39. The molecule has 6 heteroatoms. The molecule has 0 atom stereocenters. The molecule has 2 aromatic rings. The summed E-state index contributed by atoms with van der Waals surface area (Å²) in [5.41, 5.74) is 0.214. The van der Waals surface area contributed by atoms with Gasteiger partial charge in [-0.15, -0.1) is 0 Å². The summed E-state index contributed by atoms with van der Waals surface area (Å²) in [6, 6.07) is 2.89. The highest BCUT2D eigenvalue weighted by Gasteiger charge is 2.17. The van der Waals surface area contributed by atoms with E-state index < -0.39 is 17.6 Å². The van der Waals surface area contributed by atoms with Gasteiger partial charge in [0, 0.05) is 0 Å². The maximum Gasteiger partial charge on any atom is 0.311 e. The maximum absolute atomic E-state index is 13.5. The van der Waals surface area contributed by atoms with E-state index in [1.165, 1.54) is 0 Å². The summed E-state index contributed by atoms with van der Waals surface area (Å²) in [7, 11) is 0. The summed E-state index contributed by atoms with van der Waals surface area (Å²) in [6.45, 7) is 1.54. The average Bonchev–Trinajstić information content (AvgIpc) is 2.63. The fraction of sp³-hybridized carbons (Fsp3) is 0.167. The van der Waals surface area contributed by atoms with E-state index in [0.29, 0.717) is 5.69 Å². The first-order chi connectivity index (χ1) is 8.47. The third-order valence-corrected chi connectivity index (χ3v) is 2.36. The zero-order valence-corrected chi connectivity index (χ0v) is 9.41. The Morgan fingerprint density at radius 3 is 2.83 bits per heavy atom. The third kappa shape index (κ3) is 2.37. The molecule has 0 aliphatic heterocycles. The van der Waals surface area contributed by atoms with Crippen LogP contribution >= 0.6 is 0 Å². The van der Waals surface area contributed by atoms with Crippen molar-refractivity contribution in [1.82, 2.24) is 4.98 Å². The molecule has 0 radical (unpaired) electrons. The highest BCUT2D eigenvalue weighted by Crippen LogP contribution is 2.25. The fourth-order valence-electron chi connectivity index (χ4n) is 1.51. The number of aliphatic carboxylic acids is 1. The van der Waals surface area contributed by atoms with Gasteiger partial charge < -0.3 is 9.52 Å². The molecule has 2 rings (SSSR count). The van der Waals surface area contributed by atoms with Crippen molar-refractivity contribution in [3.05, 3.63) is 41.3 Å². The van der Waals surface area contributed by atoms with Crippen LogP contribution in [-0.4, -0.2) is 16.1 Å². The van der Waals surface area contributed by atoms with Crippen LogP contribution in [0.25, 0.3) is 11.5 Å². The number of aromatic nitrogens is 1. The number of halogens is 2. The van der Waals surface area contributed by atoms with E-state index in [2.05, 4.69) is 4.98 Å². The van der Waals surface area contributed by atoms with E-state index >= 15 is 0 Å². The number of nitrogens with zero attached hydrogens (tertiary/aromatic N) is 1. The molecule has 0 saturated carbocycles. The first-order valence-corrected chi connectivity index (χ1v) is 5.11. The molecule has 1 heterocycles. The second-order valence-electron chi connectivity index (χ2n) is 3.72. The Labute approximate surface area is 101 Å². The van der Waals surface area contributed by atoms with Gasteiger partial charge in [0.1, 0.15) is 23.8 Å². The van der Waals surface area contributed by atoms with Crippen molar-refractivity contribution in [2.45, 2.75) is 13.3 Å². The summed E-state index contributed by atoms with van der Waals surface area (Å²) in [6.07, 6.45) is -0.351. The van der Waals surface area contributed by atoms with E-state index in [0.717, 1.165) is 18.2 Å². The lowest BCUT2D eigenvalue weighted by atomic mass is 10.2. The molecule has 18 heavy (non-hydrogen) atoms. The number of hydrogen-bond donors (Lipinski definition) is 1. The third-order valence-electron chi connectivity index (χ3n) is 2.36. The first kappa shape index (κ1) is 12.2. The molecule has 0 fully saturated rings. The molecule has 1 aromatic carbocycles. The predicted octanol–water partition coefficient (Wildman–Crippen LogP) is 2.56. The number of carboxylic acids is 1. The van der Waals surface area contributed by atoms with Crippen molar-refractivity contribution in [2.24, 2.45) is 0 Å². The van der Waals surface area contributed by atoms with Crippen LogP contribution < -0.4 is 0 Å². The average molecular weight is 253 g/mol. The van der Waals surface area contributed by atoms with E-state index in [4.69, 9.17) is 9.52 Å². The lowest BCUT2D eigenvalue weighted by Gasteiger charge is -1.97. The molecule has 0 amide bonds. The van der Waals surface area contributed by atoms with Crippen LogP contribution in [-0.2, 0) is 11.2 Å². The van der Waals surface area contributed by atoms with Crippen molar-refractivity contribution in [2.75, 3.05) is 0 Å². The van der Waals surface area contributed by atoms with Gasteiger partial charge in [-0.25, -0.2) is 13.8 Å². The van der Waals surface area contributed by atoms with E-state index in [1.807, 2.05) is 0 Å². The van der Waals surface area contributed by atoms with Crippen molar-refractivity contribution in [1.29, 1.82) is 0 Å². The van der Waals surface area contributed by atoms with Gasteiger partial charge in [-0.05, 0) is 25.1 Å². The summed E-state index contributed by atoms with van der Waals surface area (Å²) < 4.78 is 31.6. The van der Waals surface area contributed by atoms with E-state index in [1.54, 1.807) is 6.92 Å². The van der Waals surface area contributed by atoms with Crippen LogP contribution in [0.15, 0.2) is 22.6 Å². The lowest BCUT2D eigenvalue weighted by Crippen LogP contribution is -1.99. The molecule has 0 bridgehead atoms. The highest BCUT2D eigenvalue weighted by molar-refractivity contribution is 5.70. The van der Waals surface area contributed by atoms with Gasteiger partial charge in [-0.1, -0.05) is 0 Å². The van der Waals surface area contributed by atoms with Crippen LogP contribution in [0, 0.1) is 18.6 Å². The van der Waals surface area contributed by atoms with Crippen LogP contribution in [0.5, 0.6) is 0 Å². The van der Waals surface area contributed by atoms with Gasteiger partial charge in [0.05, 0.1) is 11.3 Å². The molecule has 0 aliphatic rings. The molecule has 0 unspecified atom stereocenters. The lowest BCUT2D eigenvalue weighted by molar-refractivity contribution is -0.136. The molecule has 1 aromatic heterocycles.